The van der Waals surface area contributed by atoms with Crippen molar-refractivity contribution in [3.05, 3.63) is 65.3 Å². The van der Waals surface area contributed by atoms with Crippen molar-refractivity contribution in [3.63, 3.8) is 0 Å². The molecular formula is C16H12ClN3O. The van der Waals surface area contributed by atoms with Crippen LogP contribution in [0.1, 0.15) is 10.4 Å². The standard InChI is InChI=1S/C16H12ClN3O/c17-13-7-6-11(15(18)21)8-12(13)16-19-9-14(20-16)10-4-2-1-3-5-10/h1-9H,(H2,18,21)(H,19,20). The van der Waals surface area contributed by atoms with Crippen molar-refractivity contribution in [1.29, 1.82) is 0 Å². The lowest BCUT2D eigenvalue weighted by Gasteiger charge is -2.03. The van der Waals surface area contributed by atoms with Gasteiger partial charge in [-0.25, -0.2) is 4.98 Å². The molecule has 104 valence electrons. The second-order valence-electron chi connectivity index (χ2n) is 4.57. The number of H-pyrrole nitrogens is 1. The molecule has 0 aliphatic heterocycles. The number of nitrogens with two attached hydrogens (primary N) is 1. The van der Waals surface area contributed by atoms with E-state index in [1.54, 1.807) is 24.4 Å². The highest BCUT2D eigenvalue weighted by atomic mass is 35.5. The molecule has 0 spiro atoms. The van der Waals surface area contributed by atoms with Gasteiger partial charge in [0.1, 0.15) is 5.82 Å². The number of nitrogens with one attached hydrogen (secondary N) is 1. The highest BCUT2D eigenvalue weighted by Crippen LogP contribution is 2.28. The fourth-order valence-electron chi connectivity index (χ4n) is 2.08. The molecule has 0 aliphatic rings. The summed E-state index contributed by atoms with van der Waals surface area (Å²) in [6.45, 7) is 0. The van der Waals surface area contributed by atoms with Crippen LogP contribution in [0.25, 0.3) is 22.6 Å². The molecule has 0 unspecified atom stereocenters. The number of aromatic nitrogens is 2. The summed E-state index contributed by atoms with van der Waals surface area (Å²) in [5.41, 5.74) is 8.25. The fourth-order valence-corrected chi connectivity index (χ4v) is 2.29. The first-order valence-corrected chi connectivity index (χ1v) is 6.73. The molecule has 1 heterocycles. The Morgan fingerprint density at radius 3 is 2.62 bits per heavy atom. The lowest BCUT2D eigenvalue weighted by molar-refractivity contribution is 0.100. The number of hydrogen-bond donors (Lipinski definition) is 2. The maximum Gasteiger partial charge on any atom is 0.248 e. The van der Waals surface area contributed by atoms with Gasteiger partial charge in [0.2, 0.25) is 5.91 Å². The molecule has 3 N–H and O–H groups in total. The molecule has 4 nitrogen and oxygen atoms in total. The third-order valence-electron chi connectivity index (χ3n) is 3.17. The van der Waals surface area contributed by atoms with Crippen LogP contribution in [0.15, 0.2) is 54.7 Å². The van der Waals surface area contributed by atoms with Gasteiger partial charge in [-0.2, -0.15) is 0 Å². The predicted octanol–water partition coefficient (Wildman–Crippen LogP) is 3.50. The van der Waals surface area contributed by atoms with Crippen LogP contribution >= 0.6 is 11.6 Å². The van der Waals surface area contributed by atoms with E-state index in [-0.39, 0.29) is 0 Å². The summed E-state index contributed by atoms with van der Waals surface area (Å²) in [6.07, 6.45) is 1.73. The Morgan fingerprint density at radius 2 is 1.90 bits per heavy atom. The van der Waals surface area contributed by atoms with E-state index in [9.17, 15) is 4.79 Å². The van der Waals surface area contributed by atoms with Crippen molar-refractivity contribution in [2.24, 2.45) is 5.73 Å². The Bertz CT molecular complexity index is 796. The normalized spacial score (nSPS) is 10.5. The van der Waals surface area contributed by atoms with Gasteiger partial charge in [0.15, 0.2) is 0 Å². The number of carbonyl (C=O) groups excluding carboxylic acids is 1. The second-order valence-corrected chi connectivity index (χ2v) is 4.98. The molecule has 5 heteroatoms. The van der Waals surface area contributed by atoms with Gasteiger partial charge in [0, 0.05) is 11.1 Å². The lowest BCUT2D eigenvalue weighted by Crippen LogP contribution is -2.10. The van der Waals surface area contributed by atoms with Gasteiger partial charge in [-0.15, -0.1) is 0 Å². The quantitative estimate of drug-likeness (QED) is 0.776. The van der Waals surface area contributed by atoms with E-state index in [1.165, 1.54) is 0 Å². The summed E-state index contributed by atoms with van der Waals surface area (Å²) in [5.74, 6) is 0.102. The topological polar surface area (TPSA) is 71.8 Å². The van der Waals surface area contributed by atoms with Crippen molar-refractivity contribution >= 4 is 17.5 Å². The molecule has 0 bridgehead atoms. The number of benzene rings is 2. The van der Waals surface area contributed by atoms with Crippen LogP contribution in [-0.2, 0) is 0 Å². The number of aromatic amines is 1. The van der Waals surface area contributed by atoms with Gasteiger partial charge in [-0.1, -0.05) is 41.9 Å². The molecule has 0 aliphatic carbocycles. The molecule has 2 aromatic carbocycles. The van der Waals surface area contributed by atoms with Crippen molar-refractivity contribution < 1.29 is 4.79 Å². The summed E-state index contributed by atoms with van der Waals surface area (Å²) >= 11 is 6.18. The first-order valence-electron chi connectivity index (χ1n) is 6.35. The first-order chi connectivity index (χ1) is 10.1. The van der Waals surface area contributed by atoms with Gasteiger partial charge >= 0.3 is 0 Å². The molecule has 0 saturated carbocycles. The molecule has 0 saturated heterocycles. The first kappa shape index (κ1) is 13.4. The van der Waals surface area contributed by atoms with E-state index in [4.69, 9.17) is 17.3 Å². The van der Waals surface area contributed by atoms with Crippen LogP contribution in [0.4, 0.5) is 0 Å². The predicted molar refractivity (Wildman–Crippen MR) is 83.0 cm³/mol. The molecular weight excluding hydrogens is 286 g/mol. The Kier molecular flexibility index (Phi) is 3.46. The summed E-state index contributed by atoms with van der Waals surface area (Å²) in [6, 6.07) is 14.7. The number of primary amides is 1. The Morgan fingerprint density at radius 1 is 1.14 bits per heavy atom. The van der Waals surface area contributed by atoms with Gasteiger partial charge in [-0.3, -0.25) is 4.79 Å². The minimum atomic E-state index is -0.497. The highest BCUT2D eigenvalue weighted by Gasteiger charge is 2.11. The SMILES string of the molecule is NC(=O)c1ccc(Cl)c(-c2ncc(-c3ccccc3)[nH]2)c1. The molecule has 3 rings (SSSR count). The maximum absolute atomic E-state index is 11.3. The molecule has 1 amide bonds. The monoisotopic (exact) mass is 297 g/mol. The molecule has 0 fully saturated rings. The largest absolute Gasteiger partial charge is 0.366 e. The molecule has 0 radical (unpaired) electrons. The lowest BCUT2D eigenvalue weighted by atomic mass is 10.1. The van der Waals surface area contributed by atoms with Crippen LogP contribution in [0.5, 0.6) is 0 Å². The fraction of sp³-hybridized carbons (Fsp3) is 0. The minimum absolute atomic E-state index is 0.395. The van der Waals surface area contributed by atoms with Crippen LogP contribution in [0.3, 0.4) is 0 Å². The highest BCUT2D eigenvalue weighted by molar-refractivity contribution is 6.33. The zero-order valence-electron chi connectivity index (χ0n) is 11.0. The number of rotatable bonds is 3. The zero-order valence-corrected chi connectivity index (χ0v) is 11.8. The van der Waals surface area contributed by atoms with Crippen LogP contribution in [0, 0.1) is 0 Å². The number of halogens is 1. The average Bonchev–Trinajstić information content (AvgIpc) is 2.98. The molecule has 21 heavy (non-hydrogen) atoms. The molecule has 3 aromatic rings. The van der Waals surface area contributed by atoms with Gasteiger partial charge in [0.05, 0.1) is 16.9 Å². The van der Waals surface area contributed by atoms with Crippen molar-refractivity contribution in [3.8, 4) is 22.6 Å². The van der Waals surface area contributed by atoms with Crippen LogP contribution in [0.2, 0.25) is 5.02 Å². The zero-order chi connectivity index (χ0) is 14.8. The maximum atomic E-state index is 11.3. The van der Waals surface area contributed by atoms with Crippen molar-refractivity contribution in [2.75, 3.05) is 0 Å². The number of carbonyl (C=O) groups is 1. The smallest absolute Gasteiger partial charge is 0.248 e. The number of nitrogens with zero attached hydrogens (tertiary/aromatic N) is 1. The second kappa shape index (κ2) is 5.42. The van der Waals surface area contributed by atoms with E-state index in [0.717, 1.165) is 11.3 Å². The number of imidazole rings is 1. The third kappa shape index (κ3) is 2.66. The van der Waals surface area contributed by atoms with Crippen molar-refractivity contribution in [1.82, 2.24) is 9.97 Å². The number of hydrogen-bond acceptors (Lipinski definition) is 2. The average molecular weight is 298 g/mol. The van der Waals surface area contributed by atoms with Gasteiger partial charge in [0.25, 0.3) is 0 Å². The third-order valence-corrected chi connectivity index (χ3v) is 3.50. The Hall–Kier alpha value is -2.59. The van der Waals surface area contributed by atoms with E-state index in [1.807, 2.05) is 30.3 Å². The summed E-state index contributed by atoms with van der Waals surface area (Å²) in [4.78, 5) is 18.8. The van der Waals surface area contributed by atoms with E-state index >= 15 is 0 Å². The van der Waals surface area contributed by atoms with Gasteiger partial charge in [-0.05, 0) is 23.8 Å². The van der Waals surface area contributed by atoms with Gasteiger partial charge < -0.3 is 10.7 Å². The summed E-state index contributed by atoms with van der Waals surface area (Å²) in [7, 11) is 0. The van der Waals surface area contributed by atoms with E-state index in [2.05, 4.69) is 9.97 Å². The molecule has 0 atom stereocenters. The van der Waals surface area contributed by atoms with Crippen LogP contribution < -0.4 is 5.73 Å². The Labute approximate surface area is 126 Å². The van der Waals surface area contributed by atoms with E-state index < -0.39 is 5.91 Å². The number of amides is 1. The Balaban J connectivity index is 2.04. The van der Waals surface area contributed by atoms with Crippen molar-refractivity contribution in [2.45, 2.75) is 0 Å². The summed E-state index contributed by atoms with van der Waals surface area (Å²) in [5, 5.41) is 0.508. The summed E-state index contributed by atoms with van der Waals surface area (Å²) < 4.78 is 0. The molecule has 1 aromatic heterocycles. The minimum Gasteiger partial charge on any atom is -0.366 e. The van der Waals surface area contributed by atoms with Crippen LogP contribution in [-0.4, -0.2) is 15.9 Å². The van der Waals surface area contributed by atoms with E-state index in [0.29, 0.717) is 22.0 Å².